The minimum Gasteiger partial charge on any atom is -0.338 e. The molecule has 4 nitrogen and oxygen atoms in total. The quantitative estimate of drug-likeness (QED) is 0.794. The van der Waals surface area contributed by atoms with Crippen LogP contribution in [0.2, 0.25) is 0 Å². The van der Waals surface area contributed by atoms with Crippen LogP contribution in [-0.4, -0.2) is 10.1 Å². The van der Waals surface area contributed by atoms with Crippen molar-refractivity contribution in [3.05, 3.63) is 36.0 Å². The number of aryl methyl sites for hydroxylation is 1. The van der Waals surface area contributed by atoms with E-state index in [1.54, 1.807) is 19.1 Å². The van der Waals surface area contributed by atoms with Gasteiger partial charge in [-0.25, -0.2) is 4.39 Å². The van der Waals surface area contributed by atoms with Crippen molar-refractivity contribution in [3.63, 3.8) is 0 Å². The number of nitrogens with zero attached hydrogens (tertiary/aromatic N) is 2. The van der Waals surface area contributed by atoms with E-state index in [-0.39, 0.29) is 5.82 Å². The summed E-state index contributed by atoms with van der Waals surface area (Å²) < 4.78 is 17.3. The SMILES string of the molecule is Cc1nc(Nc2ccc(F)cc2)no1. The highest BCUT2D eigenvalue weighted by atomic mass is 19.1. The second-order valence-electron chi connectivity index (χ2n) is 2.77. The van der Waals surface area contributed by atoms with Gasteiger partial charge in [0.25, 0.3) is 5.95 Å². The summed E-state index contributed by atoms with van der Waals surface area (Å²) in [6.07, 6.45) is 0. The Morgan fingerprint density at radius 3 is 2.57 bits per heavy atom. The third kappa shape index (κ3) is 1.87. The molecule has 14 heavy (non-hydrogen) atoms. The number of halogens is 1. The Hall–Kier alpha value is -1.91. The van der Waals surface area contributed by atoms with E-state index in [4.69, 9.17) is 4.52 Å². The van der Waals surface area contributed by atoms with E-state index in [0.717, 1.165) is 0 Å². The van der Waals surface area contributed by atoms with Crippen LogP contribution in [0.25, 0.3) is 0 Å². The molecule has 1 aromatic heterocycles. The summed E-state index contributed by atoms with van der Waals surface area (Å²) in [5.41, 5.74) is 0.715. The van der Waals surface area contributed by atoms with E-state index in [1.807, 2.05) is 0 Å². The summed E-state index contributed by atoms with van der Waals surface area (Å²) in [6, 6.07) is 5.91. The van der Waals surface area contributed by atoms with Gasteiger partial charge in [0.1, 0.15) is 5.82 Å². The molecule has 0 radical (unpaired) electrons. The molecule has 0 saturated heterocycles. The molecule has 0 fully saturated rings. The van der Waals surface area contributed by atoms with Crippen molar-refractivity contribution < 1.29 is 8.91 Å². The van der Waals surface area contributed by atoms with Gasteiger partial charge in [-0.1, -0.05) is 0 Å². The third-order valence-electron chi connectivity index (χ3n) is 1.63. The molecule has 0 amide bonds. The number of anilines is 2. The fourth-order valence-electron chi connectivity index (χ4n) is 1.01. The normalized spacial score (nSPS) is 10.1. The highest BCUT2D eigenvalue weighted by Gasteiger charge is 2.01. The van der Waals surface area contributed by atoms with E-state index in [2.05, 4.69) is 15.5 Å². The molecule has 2 aromatic rings. The molecule has 5 heteroatoms. The molecular formula is C9H8FN3O. The first-order valence-corrected chi connectivity index (χ1v) is 4.07. The third-order valence-corrected chi connectivity index (χ3v) is 1.63. The highest BCUT2D eigenvalue weighted by molar-refractivity contribution is 5.52. The van der Waals surface area contributed by atoms with E-state index >= 15 is 0 Å². The van der Waals surface area contributed by atoms with Crippen LogP contribution < -0.4 is 5.32 Å². The van der Waals surface area contributed by atoms with E-state index in [1.165, 1.54) is 12.1 Å². The average Bonchev–Trinajstić information content (AvgIpc) is 2.56. The van der Waals surface area contributed by atoms with Gasteiger partial charge in [0.2, 0.25) is 5.89 Å². The molecule has 0 aliphatic heterocycles. The number of hydrogen-bond acceptors (Lipinski definition) is 4. The maximum absolute atomic E-state index is 12.6. The Balaban J connectivity index is 2.15. The summed E-state index contributed by atoms with van der Waals surface area (Å²) in [6.45, 7) is 1.70. The number of rotatable bonds is 2. The zero-order chi connectivity index (χ0) is 9.97. The minimum absolute atomic E-state index is 0.278. The predicted octanol–water partition coefficient (Wildman–Crippen LogP) is 2.26. The second-order valence-corrected chi connectivity index (χ2v) is 2.77. The summed E-state index contributed by atoms with van der Waals surface area (Å²) in [7, 11) is 0. The lowest BCUT2D eigenvalue weighted by Crippen LogP contribution is -1.91. The van der Waals surface area contributed by atoms with Gasteiger partial charge >= 0.3 is 0 Å². The summed E-state index contributed by atoms with van der Waals surface area (Å²) in [4.78, 5) is 3.95. The Kier molecular flexibility index (Phi) is 2.14. The van der Waals surface area contributed by atoms with Crippen LogP contribution in [0.5, 0.6) is 0 Å². The van der Waals surface area contributed by atoms with Crippen LogP contribution in [0.4, 0.5) is 16.0 Å². The maximum atomic E-state index is 12.6. The molecule has 0 aliphatic rings. The van der Waals surface area contributed by atoms with Gasteiger partial charge in [0.15, 0.2) is 0 Å². The summed E-state index contributed by atoms with van der Waals surface area (Å²) in [5.74, 6) is 0.573. The molecule has 1 aromatic carbocycles. The van der Waals surface area contributed by atoms with Gasteiger partial charge < -0.3 is 9.84 Å². The lowest BCUT2D eigenvalue weighted by molar-refractivity contribution is 0.395. The largest absolute Gasteiger partial charge is 0.338 e. The van der Waals surface area contributed by atoms with Crippen molar-refractivity contribution in [2.24, 2.45) is 0 Å². The number of aromatic nitrogens is 2. The highest BCUT2D eigenvalue weighted by Crippen LogP contribution is 2.13. The van der Waals surface area contributed by atoms with Crippen molar-refractivity contribution in [1.82, 2.24) is 10.1 Å². The fraction of sp³-hybridized carbons (Fsp3) is 0.111. The van der Waals surface area contributed by atoms with Crippen LogP contribution in [0.15, 0.2) is 28.8 Å². The Morgan fingerprint density at radius 2 is 2.00 bits per heavy atom. The Labute approximate surface area is 79.8 Å². The van der Waals surface area contributed by atoms with Crippen LogP contribution in [0, 0.1) is 12.7 Å². The van der Waals surface area contributed by atoms with Crippen molar-refractivity contribution in [3.8, 4) is 0 Å². The number of benzene rings is 1. The van der Waals surface area contributed by atoms with Crippen molar-refractivity contribution in [1.29, 1.82) is 0 Å². The van der Waals surface area contributed by atoms with Gasteiger partial charge in [0, 0.05) is 12.6 Å². The number of nitrogens with one attached hydrogen (secondary N) is 1. The molecule has 0 unspecified atom stereocenters. The zero-order valence-corrected chi connectivity index (χ0v) is 7.49. The molecule has 0 spiro atoms. The first kappa shape index (κ1) is 8.68. The standard InChI is InChI=1S/C9H8FN3O/c1-6-11-9(13-14-6)12-8-4-2-7(10)3-5-8/h2-5H,1H3,(H,12,13). The first-order valence-electron chi connectivity index (χ1n) is 4.07. The molecular weight excluding hydrogens is 185 g/mol. The topological polar surface area (TPSA) is 51.0 Å². The summed E-state index contributed by atoms with van der Waals surface area (Å²) >= 11 is 0. The average molecular weight is 193 g/mol. The van der Waals surface area contributed by atoms with E-state index in [9.17, 15) is 4.39 Å². The lowest BCUT2D eigenvalue weighted by atomic mass is 10.3. The fourth-order valence-corrected chi connectivity index (χ4v) is 1.01. The number of hydrogen-bond donors (Lipinski definition) is 1. The molecule has 2 rings (SSSR count). The molecule has 0 bridgehead atoms. The van der Waals surface area contributed by atoms with Crippen LogP contribution in [0.1, 0.15) is 5.89 Å². The van der Waals surface area contributed by atoms with Gasteiger partial charge in [-0.05, 0) is 29.4 Å². The van der Waals surface area contributed by atoms with Gasteiger partial charge in [-0.3, -0.25) is 0 Å². The van der Waals surface area contributed by atoms with E-state index < -0.39 is 0 Å². The monoisotopic (exact) mass is 193 g/mol. The van der Waals surface area contributed by atoms with Crippen molar-refractivity contribution in [2.45, 2.75) is 6.92 Å². The Bertz CT molecular complexity index is 424. The second kappa shape index (κ2) is 3.45. The molecule has 72 valence electrons. The predicted molar refractivity (Wildman–Crippen MR) is 48.7 cm³/mol. The smallest absolute Gasteiger partial charge is 0.267 e. The molecule has 1 heterocycles. The summed E-state index contributed by atoms with van der Waals surface area (Å²) in [5, 5.41) is 6.51. The van der Waals surface area contributed by atoms with E-state index in [0.29, 0.717) is 17.5 Å². The molecule has 1 N–H and O–H groups in total. The lowest BCUT2D eigenvalue weighted by Gasteiger charge is -1.99. The van der Waals surface area contributed by atoms with Crippen molar-refractivity contribution >= 4 is 11.6 Å². The van der Waals surface area contributed by atoms with Gasteiger partial charge in [-0.15, -0.1) is 0 Å². The zero-order valence-electron chi connectivity index (χ0n) is 7.49. The van der Waals surface area contributed by atoms with Crippen molar-refractivity contribution in [2.75, 3.05) is 5.32 Å². The van der Waals surface area contributed by atoms with Crippen LogP contribution in [0.3, 0.4) is 0 Å². The Morgan fingerprint density at radius 1 is 1.29 bits per heavy atom. The van der Waals surface area contributed by atoms with Gasteiger partial charge in [0.05, 0.1) is 0 Å². The first-order chi connectivity index (χ1) is 6.74. The maximum Gasteiger partial charge on any atom is 0.267 e. The van der Waals surface area contributed by atoms with Crippen LogP contribution in [-0.2, 0) is 0 Å². The molecule has 0 saturated carbocycles. The molecule has 0 atom stereocenters. The van der Waals surface area contributed by atoms with Gasteiger partial charge in [-0.2, -0.15) is 4.98 Å². The molecule has 0 aliphatic carbocycles. The minimum atomic E-state index is -0.278. The van der Waals surface area contributed by atoms with Crippen LogP contribution >= 0.6 is 0 Å².